The summed E-state index contributed by atoms with van der Waals surface area (Å²) in [5, 5.41) is 8.92. The number of aryl methyl sites for hydroxylation is 1. The van der Waals surface area contributed by atoms with Gasteiger partial charge in [0.2, 0.25) is 11.8 Å². The summed E-state index contributed by atoms with van der Waals surface area (Å²) >= 11 is 1.62. The Morgan fingerprint density at radius 3 is 2.52 bits per heavy atom. The van der Waals surface area contributed by atoms with Gasteiger partial charge in [-0.25, -0.2) is 4.98 Å². The molecule has 162 valence electrons. The van der Waals surface area contributed by atoms with Gasteiger partial charge >= 0.3 is 0 Å². The van der Waals surface area contributed by atoms with Gasteiger partial charge < -0.3 is 10.6 Å². The summed E-state index contributed by atoms with van der Waals surface area (Å²) in [6.45, 7) is 4.48. The smallest absolute Gasteiger partial charge is 0.247 e. The highest BCUT2D eigenvalue weighted by Crippen LogP contribution is 2.21. The molecule has 2 aromatic heterocycles. The van der Waals surface area contributed by atoms with Crippen LogP contribution in [0.3, 0.4) is 0 Å². The quantitative estimate of drug-likeness (QED) is 0.468. The Labute approximate surface area is 187 Å². The second kappa shape index (κ2) is 11.4. The summed E-state index contributed by atoms with van der Waals surface area (Å²) in [5.74, 6) is -0.0832. The molecule has 3 rings (SSSR count). The predicted octanol–water partition coefficient (Wildman–Crippen LogP) is 4.16. The highest BCUT2D eigenvalue weighted by Gasteiger charge is 2.22. The van der Waals surface area contributed by atoms with Crippen LogP contribution in [0.4, 0.5) is 0 Å². The van der Waals surface area contributed by atoms with Crippen LogP contribution in [0.15, 0.2) is 60.2 Å². The molecule has 0 saturated heterocycles. The molecule has 0 fully saturated rings. The van der Waals surface area contributed by atoms with Crippen molar-refractivity contribution >= 4 is 23.2 Å². The van der Waals surface area contributed by atoms with Gasteiger partial charge in [-0.05, 0) is 30.0 Å². The predicted molar refractivity (Wildman–Crippen MR) is 123 cm³/mol. The first-order valence-corrected chi connectivity index (χ1v) is 11.4. The minimum atomic E-state index is -0.689. The Morgan fingerprint density at radius 1 is 1.06 bits per heavy atom. The number of thiazole rings is 1. The van der Waals surface area contributed by atoms with E-state index in [0.29, 0.717) is 13.0 Å². The molecule has 1 atom stereocenters. The first kappa shape index (κ1) is 22.6. The minimum Gasteiger partial charge on any atom is -0.354 e. The van der Waals surface area contributed by atoms with Crippen molar-refractivity contribution in [3.8, 4) is 11.3 Å². The fourth-order valence-electron chi connectivity index (χ4n) is 3.17. The molecule has 0 aliphatic carbocycles. The number of hydrogen-bond donors (Lipinski definition) is 2. The van der Waals surface area contributed by atoms with Crippen molar-refractivity contribution in [3.63, 3.8) is 0 Å². The van der Waals surface area contributed by atoms with Gasteiger partial charge in [-0.2, -0.15) is 0 Å². The van der Waals surface area contributed by atoms with E-state index in [2.05, 4.69) is 20.6 Å². The fraction of sp³-hybridized carbons (Fsp3) is 0.333. The Bertz CT molecular complexity index is 974. The zero-order valence-electron chi connectivity index (χ0n) is 17.9. The number of benzene rings is 1. The molecule has 0 aliphatic heterocycles. The number of nitrogens with zero attached hydrogens (tertiary/aromatic N) is 2. The van der Waals surface area contributed by atoms with E-state index in [1.807, 2.05) is 61.7 Å². The maximum Gasteiger partial charge on any atom is 0.247 e. The van der Waals surface area contributed by atoms with Crippen LogP contribution >= 0.6 is 11.3 Å². The van der Waals surface area contributed by atoms with E-state index in [1.165, 1.54) is 0 Å². The lowest BCUT2D eigenvalue weighted by Gasteiger charge is -2.19. The largest absolute Gasteiger partial charge is 0.354 e. The van der Waals surface area contributed by atoms with Crippen molar-refractivity contribution in [1.82, 2.24) is 20.6 Å². The summed E-state index contributed by atoms with van der Waals surface area (Å²) in [4.78, 5) is 33.8. The second-order valence-electron chi connectivity index (χ2n) is 7.77. The normalized spacial score (nSPS) is 11.8. The van der Waals surface area contributed by atoms with Crippen LogP contribution in [0, 0.1) is 5.92 Å². The van der Waals surface area contributed by atoms with Gasteiger partial charge in [-0.15, -0.1) is 11.3 Å². The highest BCUT2D eigenvalue weighted by atomic mass is 32.1. The zero-order valence-corrected chi connectivity index (χ0v) is 18.7. The lowest BCUT2D eigenvalue weighted by atomic mass is 10.0. The Kier molecular flexibility index (Phi) is 8.29. The van der Waals surface area contributed by atoms with E-state index in [4.69, 9.17) is 0 Å². The minimum absolute atomic E-state index is 0.120. The number of pyridine rings is 1. The molecule has 1 aromatic carbocycles. The molecule has 0 radical (unpaired) electrons. The van der Waals surface area contributed by atoms with Gasteiger partial charge in [0.1, 0.15) is 6.04 Å². The van der Waals surface area contributed by atoms with E-state index in [-0.39, 0.29) is 17.7 Å². The van der Waals surface area contributed by atoms with E-state index < -0.39 is 6.04 Å². The number of amides is 2. The molecule has 0 spiro atoms. The van der Waals surface area contributed by atoms with Crippen molar-refractivity contribution in [3.05, 3.63) is 70.8 Å². The van der Waals surface area contributed by atoms with Gasteiger partial charge in [-0.3, -0.25) is 14.6 Å². The molecule has 3 aromatic rings. The maximum absolute atomic E-state index is 12.8. The number of carbonyl (C=O) groups excluding carboxylic acids is 2. The number of aromatic nitrogens is 2. The van der Waals surface area contributed by atoms with Crippen LogP contribution in [0.2, 0.25) is 0 Å². The van der Waals surface area contributed by atoms with Crippen LogP contribution in [-0.2, 0) is 16.0 Å². The molecule has 31 heavy (non-hydrogen) atoms. The Morgan fingerprint density at radius 2 is 1.81 bits per heavy atom. The second-order valence-corrected chi connectivity index (χ2v) is 8.71. The zero-order chi connectivity index (χ0) is 22.1. The maximum atomic E-state index is 12.8. The van der Waals surface area contributed by atoms with Crippen molar-refractivity contribution in [1.29, 1.82) is 0 Å². The monoisotopic (exact) mass is 436 g/mol. The van der Waals surface area contributed by atoms with E-state index in [0.717, 1.165) is 34.7 Å². The Balaban J connectivity index is 1.52. The molecule has 0 aliphatic rings. The number of rotatable bonds is 10. The molecular formula is C24H28N4O2S. The average Bonchev–Trinajstić information content (AvgIpc) is 3.25. The van der Waals surface area contributed by atoms with Crippen molar-refractivity contribution in [2.45, 2.75) is 39.2 Å². The third kappa shape index (κ3) is 7.00. The van der Waals surface area contributed by atoms with Crippen LogP contribution in [-0.4, -0.2) is 28.3 Å². The number of nitrogens with one attached hydrogen (secondary N) is 2. The molecule has 2 N–H and O–H groups in total. The summed E-state index contributed by atoms with van der Waals surface area (Å²) in [6.07, 6.45) is 5.46. The highest BCUT2D eigenvalue weighted by molar-refractivity contribution is 7.09. The summed E-state index contributed by atoms with van der Waals surface area (Å²) in [7, 11) is 0. The molecule has 7 heteroatoms. The van der Waals surface area contributed by atoms with E-state index in [9.17, 15) is 9.59 Å². The Hall–Kier alpha value is -3.06. The van der Waals surface area contributed by atoms with Crippen molar-refractivity contribution < 1.29 is 9.59 Å². The van der Waals surface area contributed by atoms with Gasteiger partial charge in [0.05, 0.1) is 10.7 Å². The molecule has 2 heterocycles. The first-order chi connectivity index (χ1) is 15.0. The fourth-order valence-corrected chi connectivity index (χ4v) is 4.02. The van der Waals surface area contributed by atoms with Crippen molar-refractivity contribution in [2.24, 2.45) is 5.92 Å². The third-order valence-electron chi connectivity index (χ3n) is 4.69. The van der Waals surface area contributed by atoms with Crippen LogP contribution in [0.25, 0.3) is 11.3 Å². The van der Waals surface area contributed by atoms with Gasteiger partial charge in [0, 0.05) is 42.7 Å². The SMILES string of the molecule is CC(C)CC(=O)NC(C(=O)NCCCc1nc(-c2ccncc2)cs1)c1ccccc1. The molecule has 0 saturated carbocycles. The molecule has 2 amide bonds. The van der Waals surface area contributed by atoms with Gasteiger partial charge in [0.15, 0.2) is 0 Å². The van der Waals surface area contributed by atoms with E-state index >= 15 is 0 Å². The number of hydrogen-bond acceptors (Lipinski definition) is 5. The standard InChI is InChI=1S/C24H28N4O2S/c1-17(2)15-21(29)28-23(19-7-4-3-5-8-19)24(30)26-12-6-9-22-27-20(16-31-22)18-10-13-25-14-11-18/h3-5,7-8,10-11,13-14,16-17,23H,6,9,12,15H2,1-2H3,(H,26,30)(H,28,29). The molecule has 6 nitrogen and oxygen atoms in total. The topological polar surface area (TPSA) is 84.0 Å². The lowest BCUT2D eigenvalue weighted by Crippen LogP contribution is -2.41. The molecule has 1 unspecified atom stereocenters. The summed E-state index contributed by atoms with van der Waals surface area (Å²) in [6, 6.07) is 12.5. The summed E-state index contributed by atoms with van der Waals surface area (Å²) < 4.78 is 0. The molecule has 0 bridgehead atoms. The summed E-state index contributed by atoms with van der Waals surface area (Å²) in [5.41, 5.74) is 2.77. The van der Waals surface area contributed by atoms with Gasteiger partial charge in [0.25, 0.3) is 0 Å². The van der Waals surface area contributed by atoms with Crippen molar-refractivity contribution in [2.75, 3.05) is 6.54 Å². The van der Waals surface area contributed by atoms with Crippen LogP contribution < -0.4 is 10.6 Å². The average molecular weight is 437 g/mol. The molecular weight excluding hydrogens is 408 g/mol. The number of carbonyl (C=O) groups is 2. The van der Waals surface area contributed by atoms with Gasteiger partial charge in [-0.1, -0.05) is 44.2 Å². The third-order valence-corrected chi connectivity index (χ3v) is 5.60. The first-order valence-electron chi connectivity index (χ1n) is 10.5. The van der Waals surface area contributed by atoms with Crippen LogP contribution in [0.5, 0.6) is 0 Å². The van der Waals surface area contributed by atoms with Crippen LogP contribution in [0.1, 0.15) is 43.3 Å². The van der Waals surface area contributed by atoms with E-state index in [1.54, 1.807) is 23.7 Å². The lowest BCUT2D eigenvalue weighted by molar-refractivity contribution is -0.129.